The Bertz CT molecular complexity index is 786. The number of hydrogen-bond acceptors (Lipinski definition) is 5. The number of rotatable bonds is 8. The lowest BCUT2D eigenvalue weighted by molar-refractivity contribution is -0.384. The van der Waals surface area contributed by atoms with Gasteiger partial charge in [-0.15, -0.1) is 0 Å². The SMILES string of the molecule is CCOC(=O)C(C)(CCC(=O)c1ccccc1)c1ccc([N+](=O)[O-])cc1. The van der Waals surface area contributed by atoms with Crippen molar-refractivity contribution in [3.8, 4) is 0 Å². The van der Waals surface area contributed by atoms with Crippen LogP contribution in [0.5, 0.6) is 0 Å². The maximum atomic E-state index is 12.6. The second-order valence-corrected chi connectivity index (χ2v) is 6.15. The fourth-order valence-electron chi connectivity index (χ4n) is 2.74. The molecule has 26 heavy (non-hydrogen) atoms. The topological polar surface area (TPSA) is 86.5 Å². The lowest BCUT2D eigenvalue weighted by atomic mass is 9.77. The molecule has 136 valence electrons. The number of ketones is 1. The summed E-state index contributed by atoms with van der Waals surface area (Å²) in [6.45, 7) is 3.63. The number of benzene rings is 2. The minimum absolute atomic E-state index is 0.0553. The van der Waals surface area contributed by atoms with Gasteiger partial charge in [-0.1, -0.05) is 42.5 Å². The van der Waals surface area contributed by atoms with Gasteiger partial charge >= 0.3 is 5.97 Å². The van der Waals surface area contributed by atoms with Crippen molar-refractivity contribution >= 4 is 17.4 Å². The van der Waals surface area contributed by atoms with E-state index < -0.39 is 16.3 Å². The molecule has 0 spiro atoms. The molecule has 0 aliphatic heterocycles. The Morgan fingerprint density at radius 2 is 1.69 bits per heavy atom. The molecule has 0 fully saturated rings. The molecule has 1 atom stereocenters. The molecule has 0 amide bonds. The number of hydrogen-bond donors (Lipinski definition) is 0. The van der Waals surface area contributed by atoms with E-state index in [9.17, 15) is 19.7 Å². The Morgan fingerprint density at radius 3 is 2.23 bits per heavy atom. The van der Waals surface area contributed by atoms with E-state index in [-0.39, 0.29) is 30.9 Å². The van der Waals surface area contributed by atoms with Crippen LogP contribution in [0.15, 0.2) is 54.6 Å². The zero-order valence-corrected chi connectivity index (χ0v) is 14.8. The predicted molar refractivity (Wildman–Crippen MR) is 97.1 cm³/mol. The lowest BCUT2D eigenvalue weighted by Crippen LogP contribution is -2.35. The van der Waals surface area contributed by atoms with Crippen LogP contribution in [0.1, 0.15) is 42.6 Å². The van der Waals surface area contributed by atoms with E-state index in [0.29, 0.717) is 11.1 Å². The Hall–Kier alpha value is -3.02. The van der Waals surface area contributed by atoms with Gasteiger partial charge in [-0.2, -0.15) is 0 Å². The molecule has 2 rings (SSSR count). The number of esters is 1. The number of nitro benzene ring substituents is 1. The first-order valence-electron chi connectivity index (χ1n) is 8.39. The quantitative estimate of drug-likeness (QED) is 0.308. The second-order valence-electron chi connectivity index (χ2n) is 6.15. The zero-order chi connectivity index (χ0) is 19.2. The average Bonchev–Trinajstić information content (AvgIpc) is 2.66. The predicted octanol–water partition coefficient (Wildman–Crippen LogP) is 4.08. The number of ether oxygens (including phenoxy) is 1. The minimum atomic E-state index is -1.06. The Balaban J connectivity index is 2.25. The third-order valence-corrected chi connectivity index (χ3v) is 4.39. The number of carbonyl (C=O) groups excluding carboxylic acids is 2. The molecule has 0 radical (unpaired) electrons. The van der Waals surface area contributed by atoms with Crippen LogP contribution in [-0.4, -0.2) is 23.3 Å². The summed E-state index contributed by atoms with van der Waals surface area (Å²) in [5.41, 5.74) is 0.0559. The summed E-state index contributed by atoms with van der Waals surface area (Å²) in [7, 11) is 0. The highest BCUT2D eigenvalue weighted by atomic mass is 16.6. The van der Waals surface area contributed by atoms with Gasteiger partial charge in [-0.3, -0.25) is 19.7 Å². The minimum Gasteiger partial charge on any atom is -0.465 e. The molecule has 6 heteroatoms. The molecule has 1 unspecified atom stereocenters. The van der Waals surface area contributed by atoms with Crippen LogP contribution in [0, 0.1) is 10.1 Å². The molecule has 0 aromatic heterocycles. The van der Waals surface area contributed by atoms with Gasteiger partial charge in [0.05, 0.1) is 16.9 Å². The maximum Gasteiger partial charge on any atom is 0.316 e. The van der Waals surface area contributed by atoms with Gasteiger partial charge in [-0.25, -0.2) is 0 Å². The summed E-state index contributed by atoms with van der Waals surface area (Å²) in [6, 6.07) is 14.7. The van der Waals surface area contributed by atoms with E-state index in [4.69, 9.17) is 4.74 Å². The van der Waals surface area contributed by atoms with E-state index in [1.807, 2.05) is 6.07 Å². The van der Waals surface area contributed by atoms with Gasteiger partial charge in [0.15, 0.2) is 5.78 Å². The van der Waals surface area contributed by atoms with E-state index >= 15 is 0 Å². The number of nitrogens with zero attached hydrogens (tertiary/aromatic N) is 1. The monoisotopic (exact) mass is 355 g/mol. The van der Waals surface area contributed by atoms with Crippen molar-refractivity contribution < 1.29 is 19.2 Å². The van der Waals surface area contributed by atoms with E-state index in [0.717, 1.165) is 0 Å². The Labute approximate surface area is 151 Å². The van der Waals surface area contributed by atoms with E-state index in [1.54, 1.807) is 50.2 Å². The summed E-state index contributed by atoms with van der Waals surface area (Å²) in [6.07, 6.45) is 0.410. The highest BCUT2D eigenvalue weighted by Crippen LogP contribution is 2.32. The highest BCUT2D eigenvalue weighted by Gasteiger charge is 2.37. The first kappa shape index (κ1) is 19.3. The summed E-state index contributed by atoms with van der Waals surface area (Å²) in [5.74, 6) is -0.516. The fourth-order valence-corrected chi connectivity index (χ4v) is 2.74. The van der Waals surface area contributed by atoms with Crippen LogP contribution < -0.4 is 0 Å². The fraction of sp³-hybridized carbons (Fsp3) is 0.300. The highest BCUT2D eigenvalue weighted by molar-refractivity contribution is 5.96. The van der Waals surface area contributed by atoms with Gasteiger partial charge in [0.1, 0.15) is 0 Å². The molecule has 2 aromatic rings. The molecular formula is C20H21NO5. The van der Waals surface area contributed by atoms with Crippen LogP contribution >= 0.6 is 0 Å². The maximum absolute atomic E-state index is 12.6. The smallest absolute Gasteiger partial charge is 0.316 e. The van der Waals surface area contributed by atoms with Gasteiger partial charge in [0.25, 0.3) is 5.69 Å². The number of carbonyl (C=O) groups is 2. The first-order chi connectivity index (χ1) is 12.4. The summed E-state index contributed by atoms with van der Waals surface area (Å²) >= 11 is 0. The number of Topliss-reactive ketones (excluding diaryl/α,β-unsaturated/α-hetero) is 1. The van der Waals surface area contributed by atoms with E-state index in [2.05, 4.69) is 0 Å². The van der Waals surface area contributed by atoms with Crippen molar-refractivity contribution in [2.75, 3.05) is 6.61 Å². The van der Waals surface area contributed by atoms with E-state index in [1.165, 1.54) is 12.1 Å². The third kappa shape index (κ3) is 4.33. The van der Waals surface area contributed by atoms with Crippen LogP contribution in [0.3, 0.4) is 0 Å². The molecule has 6 nitrogen and oxygen atoms in total. The summed E-state index contributed by atoms with van der Waals surface area (Å²) in [4.78, 5) is 35.3. The van der Waals surface area contributed by atoms with Crippen LogP contribution in [0.25, 0.3) is 0 Å². The standard InChI is InChI=1S/C20H21NO5/c1-3-26-19(23)20(2,16-9-11-17(12-10-16)21(24)25)14-13-18(22)15-7-5-4-6-8-15/h4-12H,3,13-14H2,1-2H3. The van der Waals surface area contributed by atoms with Gasteiger partial charge in [0, 0.05) is 24.1 Å². The largest absolute Gasteiger partial charge is 0.465 e. The molecule has 0 heterocycles. The molecule has 0 saturated carbocycles. The van der Waals surface area contributed by atoms with Crippen molar-refractivity contribution in [2.45, 2.75) is 32.1 Å². The first-order valence-corrected chi connectivity index (χ1v) is 8.39. The molecule has 2 aromatic carbocycles. The van der Waals surface area contributed by atoms with Crippen molar-refractivity contribution in [1.82, 2.24) is 0 Å². The normalized spacial score (nSPS) is 12.8. The lowest BCUT2D eigenvalue weighted by Gasteiger charge is -2.27. The molecule has 0 N–H and O–H groups in total. The van der Waals surface area contributed by atoms with Crippen LogP contribution in [0.2, 0.25) is 0 Å². The zero-order valence-electron chi connectivity index (χ0n) is 14.8. The molecule has 0 bridgehead atoms. The van der Waals surface area contributed by atoms with Crippen molar-refractivity contribution in [3.05, 3.63) is 75.8 Å². The summed E-state index contributed by atoms with van der Waals surface area (Å²) in [5, 5.41) is 10.8. The van der Waals surface area contributed by atoms with Gasteiger partial charge in [0.2, 0.25) is 0 Å². The Morgan fingerprint density at radius 1 is 1.08 bits per heavy atom. The van der Waals surface area contributed by atoms with Crippen molar-refractivity contribution in [1.29, 1.82) is 0 Å². The third-order valence-electron chi connectivity index (χ3n) is 4.39. The average molecular weight is 355 g/mol. The van der Waals surface area contributed by atoms with Crippen LogP contribution in [-0.2, 0) is 14.9 Å². The van der Waals surface area contributed by atoms with Gasteiger partial charge < -0.3 is 4.74 Å². The molecule has 0 saturated heterocycles. The molecule has 0 aliphatic rings. The van der Waals surface area contributed by atoms with Crippen molar-refractivity contribution in [2.24, 2.45) is 0 Å². The summed E-state index contributed by atoms with van der Waals surface area (Å²) < 4.78 is 5.19. The number of nitro groups is 1. The molecule has 0 aliphatic carbocycles. The van der Waals surface area contributed by atoms with Crippen LogP contribution in [0.4, 0.5) is 5.69 Å². The number of non-ortho nitro benzene ring substituents is 1. The van der Waals surface area contributed by atoms with Gasteiger partial charge in [-0.05, 0) is 25.8 Å². The second kappa shape index (κ2) is 8.38. The molecular weight excluding hydrogens is 334 g/mol. The van der Waals surface area contributed by atoms with Crippen molar-refractivity contribution in [3.63, 3.8) is 0 Å². The Kier molecular flexibility index (Phi) is 6.22.